The summed E-state index contributed by atoms with van der Waals surface area (Å²) in [7, 11) is 0. The Morgan fingerprint density at radius 1 is 0.273 bits per heavy atom. The summed E-state index contributed by atoms with van der Waals surface area (Å²) in [5.41, 5.74) is -0.306. The molecule has 0 aromatic heterocycles. The van der Waals surface area contributed by atoms with Crippen molar-refractivity contribution in [3.8, 4) is 0 Å². The number of ether oxygens (including phenoxy) is 4. The van der Waals surface area contributed by atoms with Gasteiger partial charge in [-0.25, -0.2) is 0 Å². The number of carbonyl (C=O) groups excluding carboxylic acids is 4. The minimum absolute atomic E-state index is 0.204. The maximum absolute atomic E-state index is 13.2. The number of hydrogen-bond donors (Lipinski definition) is 4. The SMILES string of the molecule is CCCCCCCCCC(S)CCOC(=O)CCCC(CCCC(=O)OCCC(S)CCCCCCCCC)(CCCC(=O)OCCC(S)CCCCCCCCC)CCCC(=O)OCCC(S)CCCCCCCCC. The van der Waals surface area contributed by atoms with Gasteiger partial charge in [-0.3, -0.25) is 19.2 Å². The van der Waals surface area contributed by atoms with Gasteiger partial charge in [0.05, 0.1) is 26.4 Å². The third-order valence-electron chi connectivity index (χ3n) is 15.8. The summed E-state index contributed by atoms with van der Waals surface area (Å²) < 4.78 is 23.0. The Kier molecular flexibility index (Phi) is 56.6. The molecule has 0 spiro atoms. The number of esters is 4. The van der Waals surface area contributed by atoms with Crippen LogP contribution in [0.4, 0.5) is 0 Å². The molecule has 4 unspecified atom stereocenters. The van der Waals surface area contributed by atoms with Crippen molar-refractivity contribution in [1.29, 1.82) is 0 Å². The zero-order chi connectivity index (χ0) is 56.7. The fourth-order valence-corrected chi connectivity index (χ4v) is 11.8. The van der Waals surface area contributed by atoms with E-state index in [1.807, 2.05) is 0 Å². The molecule has 0 heterocycles. The van der Waals surface area contributed by atoms with E-state index in [1.54, 1.807) is 0 Å². The zero-order valence-corrected chi connectivity index (χ0v) is 54.2. The van der Waals surface area contributed by atoms with Gasteiger partial charge < -0.3 is 18.9 Å². The van der Waals surface area contributed by atoms with Crippen LogP contribution in [0.2, 0.25) is 0 Å². The van der Waals surface area contributed by atoms with Gasteiger partial charge in [0.1, 0.15) is 0 Å². The fraction of sp³-hybridized carbons (Fsp3) is 0.938. The van der Waals surface area contributed by atoms with E-state index in [0.717, 1.165) is 77.0 Å². The van der Waals surface area contributed by atoms with Crippen LogP contribution in [-0.2, 0) is 38.1 Å². The molecular formula is C65H124O8S4. The van der Waals surface area contributed by atoms with Gasteiger partial charge in [-0.05, 0) is 108 Å². The molecule has 0 aliphatic heterocycles. The predicted molar refractivity (Wildman–Crippen MR) is 342 cm³/mol. The highest BCUT2D eigenvalue weighted by Gasteiger charge is 2.30. The molecule has 0 amide bonds. The highest BCUT2D eigenvalue weighted by atomic mass is 32.1. The molecule has 0 fully saturated rings. The molecule has 0 saturated carbocycles. The van der Waals surface area contributed by atoms with Crippen LogP contribution in [0.25, 0.3) is 0 Å². The van der Waals surface area contributed by atoms with Crippen LogP contribution in [0, 0.1) is 5.41 Å². The van der Waals surface area contributed by atoms with E-state index < -0.39 is 0 Å². The lowest BCUT2D eigenvalue weighted by Gasteiger charge is -2.35. The molecule has 0 aliphatic rings. The second-order valence-electron chi connectivity index (χ2n) is 23.2. The van der Waals surface area contributed by atoms with Crippen molar-refractivity contribution >= 4 is 74.4 Å². The summed E-state index contributed by atoms with van der Waals surface area (Å²) in [4.78, 5) is 52.7. The summed E-state index contributed by atoms with van der Waals surface area (Å²) >= 11 is 19.2. The van der Waals surface area contributed by atoms with E-state index in [2.05, 4.69) is 27.7 Å². The molecule has 0 aromatic rings. The van der Waals surface area contributed by atoms with Crippen molar-refractivity contribution < 1.29 is 38.1 Å². The van der Waals surface area contributed by atoms with Crippen LogP contribution in [0.15, 0.2) is 0 Å². The molecule has 0 bridgehead atoms. The molecule has 0 aromatic carbocycles. The van der Waals surface area contributed by atoms with E-state index in [9.17, 15) is 19.2 Å². The number of hydrogen-bond acceptors (Lipinski definition) is 12. The minimum Gasteiger partial charge on any atom is -0.466 e. The molecule has 0 radical (unpaired) electrons. The minimum atomic E-state index is -0.306. The van der Waals surface area contributed by atoms with E-state index in [4.69, 9.17) is 69.5 Å². The van der Waals surface area contributed by atoms with Gasteiger partial charge in [0.25, 0.3) is 0 Å². The summed E-state index contributed by atoms with van der Waals surface area (Å²) in [5, 5.41) is 0.866. The average molecular weight is 1160 g/mol. The van der Waals surface area contributed by atoms with Crippen LogP contribution in [0.3, 0.4) is 0 Å². The maximum atomic E-state index is 13.2. The highest BCUT2D eigenvalue weighted by molar-refractivity contribution is 7.81. The summed E-state index contributed by atoms with van der Waals surface area (Å²) in [6.07, 6.45) is 49.1. The Morgan fingerprint density at radius 2 is 0.455 bits per heavy atom. The topological polar surface area (TPSA) is 105 Å². The van der Waals surface area contributed by atoms with Crippen molar-refractivity contribution in [1.82, 2.24) is 0 Å². The molecule has 0 aliphatic carbocycles. The first-order valence-electron chi connectivity index (χ1n) is 32.7. The van der Waals surface area contributed by atoms with Gasteiger partial charge in [-0.15, -0.1) is 0 Å². The lowest BCUT2D eigenvalue weighted by molar-refractivity contribution is -0.144. The third-order valence-corrected chi connectivity index (χ3v) is 17.8. The summed E-state index contributed by atoms with van der Waals surface area (Å²) in [6.45, 7) is 10.5. The van der Waals surface area contributed by atoms with Crippen LogP contribution in [0.5, 0.6) is 0 Å². The first-order chi connectivity index (χ1) is 37.4. The Balaban J connectivity index is 5.67. The lowest BCUT2D eigenvalue weighted by atomic mass is 9.71. The van der Waals surface area contributed by atoms with Crippen LogP contribution >= 0.6 is 50.5 Å². The van der Waals surface area contributed by atoms with Gasteiger partial charge in [-0.1, -0.05) is 207 Å². The Hall–Kier alpha value is -0.720. The molecule has 0 saturated heterocycles. The van der Waals surface area contributed by atoms with E-state index in [1.165, 1.54) is 154 Å². The van der Waals surface area contributed by atoms with Crippen molar-refractivity contribution in [3.63, 3.8) is 0 Å². The molecule has 4 atom stereocenters. The highest BCUT2D eigenvalue weighted by Crippen LogP contribution is 2.42. The van der Waals surface area contributed by atoms with Crippen molar-refractivity contribution in [3.05, 3.63) is 0 Å². The lowest BCUT2D eigenvalue weighted by Crippen LogP contribution is -2.24. The van der Waals surface area contributed by atoms with Gasteiger partial charge in [-0.2, -0.15) is 50.5 Å². The van der Waals surface area contributed by atoms with Gasteiger partial charge in [0, 0.05) is 46.7 Å². The molecule has 77 heavy (non-hydrogen) atoms. The quantitative estimate of drug-likeness (QED) is 0.0207. The Bertz CT molecular complexity index is 1140. The molecule has 0 N–H and O–H groups in total. The fourth-order valence-electron chi connectivity index (χ4n) is 10.6. The standard InChI is InChI=1S/C65H124O8S4/c1-5-9-13-17-21-25-29-37-57(74)45-53-70-61(66)41-33-49-65(50-34-42-62(67)71-54-46-58(75)38-30-26-22-18-14-10-6-2,51-35-43-63(68)72-55-47-59(76)39-31-27-23-19-15-11-7-3)52-36-44-64(69)73-56-48-60(77)40-32-28-24-20-16-12-8-4/h57-60,74-77H,5-56H2,1-4H3. The van der Waals surface area contributed by atoms with Crippen molar-refractivity contribution in [2.45, 2.75) is 357 Å². The maximum Gasteiger partial charge on any atom is 0.305 e. The molecule has 8 nitrogen and oxygen atoms in total. The number of rotatable bonds is 60. The summed E-state index contributed by atoms with van der Waals surface area (Å²) in [5.74, 6) is -0.817. The first kappa shape index (κ1) is 76.3. The monoisotopic (exact) mass is 1160 g/mol. The molecule has 12 heteroatoms. The first-order valence-corrected chi connectivity index (χ1v) is 34.8. The van der Waals surface area contributed by atoms with Crippen LogP contribution in [0.1, 0.15) is 336 Å². The second kappa shape index (κ2) is 57.1. The van der Waals surface area contributed by atoms with E-state index >= 15 is 0 Å². The molecular weight excluding hydrogens is 1040 g/mol. The molecule has 0 rings (SSSR count). The third kappa shape index (κ3) is 53.1. The number of thiol groups is 4. The van der Waals surface area contributed by atoms with E-state index in [0.29, 0.717) is 103 Å². The van der Waals surface area contributed by atoms with Crippen molar-refractivity contribution in [2.75, 3.05) is 26.4 Å². The van der Waals surface area contributed by atoms with Crippen LogP contribution < -0.4 is 0 Å². The normalized spacial score (nSPS) is 13.9. The average Bonchev–Trinajstić information content (AvgIpc) is 3.39. The second-order valence-corrected chi connectivity index (χ2v) is 26.1. The number of unbranched alkanes of at least 4 members (excludes halogenated alkanes) is 24. The summed E-state index contributed by atoms with van der Waals surface area (Å²) in [6, 6.07) is 0. The Morgan fingerprint density at radius 3 is 0.649 bits per heavy atom. The van der Waals surface area contributed by atoms with Crippen molar-refractivity contribution in [2.24, 2.45) is 5.41 Å². The zero-order valence-electron chi connectivity index (χ0n) is 50.6. The predicted octanol–water partition coefficient (Wildman–Crippen LogP) is 20.1. The largest absolute Gasteiger partial charge is 0.466 e. The van der Waals surface area contributed by atoms with Crippen LogP contribution in [-0.4, -0.2) is 71.3 Å². The number of carbonyl (C=O) groups is 4. The van der Waals surface area contributed by atoms with Gasteiger partial charge >= 0.3 is 23.9 Å². The van der Waals surface area contributed by atoms with Gasteiger partial charge in [0.15, 0.2) is 0 Å². The molecule has 456 valence electrons. The van der Waals surface area contributed by atoms with Gasteiger partial charge in [0.2, 0.25) is 0 Å². The smallest absolute Gasteiger partial charge is 0.305 e. The Labute approximate surface area is 498 Å². The van der Waals surface area contributed by atoms with E-state index in [-0.39, 0.29) is 50.3 Å².